The molecular weight excluding hydrogens is 296 g/mol. The Bertz CT molecular complexity index is 666. The summed E-state index contributed by atoms with van der Waals surface area (Å²) in [6.07, 6.45) is 0.954. The van der Waals surface area contributed by atoms with Crippen molar-refractivity contribution in [3.63, 3.8) is 0 Å². The fourth-order valence-electron chi connectivity index (χ4n) is 3.28. The lowest BCUT2D eigenvalue weighted by atomic mass is 10.0. The number of nitriles is 2. The van der Waals surface area contributed by atoms with Crippen molar-refractivity contribution in [1.82, 2.24) is 9.80 Å². The van der Waals surface area contributed by atoms with E-state index in [0.29, 0.717) is 6.67 Å². The van der Waals surface area contributed by atoms with Crippen LogP contribution in [0.1, 0.15) is 29.6 Å². The fourth-order valence-corrected chi connectivity index (χ4v) is 3.28. The van der Waals surface area contributed by atoms with Crippen LogP contribution in [-0.4, -0.2) is 29.6 Å². The van der Waals surface area contributed by atoms with Crippen LogP contribution in [0.15, 0.2) is 60.7 Å². The maximum Gasteiger partial charge on any atom is 0.124 e. The monoisotopic (exact) mass is 316 g/mol. The lowest BCUT2D eigenvalue weighted by molar-refractivity contribution is 0.0514. The zero-order chi connectivity index (χ0) is 16.8. The molecule has 120 valence electrons. The Morgan fingerprint density at radius 1 is 0.708 bits per heavy atom. The van der Waals surface area contributed by atoms with E-state index in [-0.39, 0.29) is 12.1 Å². The van der Waals surface area contributed by atoms with Gasteiger partial charge in [-0.05, 0) is 17.5 Å². The third-order valence-corrected chi connectivity index (χ3v) is 4.46. The first-order valence-corrected chi connectivity index (χ1v) is 8.20. The lowest BCUT2D eigenvalue weighted by Gasteiger charge is -2.39. The molecule has 0 aliphatic carbocycles. The number of hydrogen-bond acceptors (Lipinski definition) is 4. The molecule has 0 saturated carbocycles. The van der Waals surface area contributed by atoms with Crippen LogP contribution in [0.3, 0.4) is 0 Å². The Kier molecular flexibility index (Phi) is 5.23. The summed E-state index contributed by atoms with van der Waals surface area (Å²) in [6.45, 7) is 2.37. The van der Waals surface area contributed by atoms with Gasteiger partial charge >= 0.3 is 0 Å². The molecule has 0 aromatic heterocycles. The zero-order valence-corrected chi connectivity index (χ0v) is 13.5. The highest BCUT2D eigenvalue weighted by molar-refractivity contribution is 5.26. The molecule has 0 N–H and O–H groups in total. The van der Waals surface area contributed by atoms with E-state index in [4.69, 9.17) is 0 Å². The molecule has 0 unspecified atom stereocenters. The summed E-state index contributed by atoms with van der Waals surface area (Å²) >= 11 is 0. The standard InChI is InChI=1S/C20H20N4/c21-14-19(17-8-3-1-4-9-17)23-12-7-13-24(16-23)20(15-22)18-10-5-2-6-11-18/h1-6,8-11,19-20H,7,12-13,16H2/t19-,20-/m1/s1. The predicted molar refractivity (Wildman–Crippen MR) is 92.5 cm³/mol. The second-order valence-electron chi connectivity index (χ2n) is 6.00. The van der Waals surface area contributed by atoms with Gasteiger partial charge in [0.15, 0.2) is 0 Å². The van der Waals surface area contributed by atoms with Gasteiger partial charge in [0.25, 0.3) is 0 Å². The summed E-state index contributed by atoms with van der Waals surface area (Å²) in [5, 5.41) is 19.3. The van der Waals surface area contributed by atoms with Crippen molar-refractivity contribution in [2.45, 2.75) is 18.5 Å². The molecule has 2 aromatic rings. The van der Waals surface area contributed by atoms with E-state index >= 15 is 0 Å². The topological polar surface area (TPSA) is 54.1 Å². The minimum absolute atomic E-state index is 0.274. The Labute approximate surface area is 143 Å². The lowest BCUT2D eigenvalue weighted by Crippen LogP contribution is -2.47. The van der Waals surface area contributed by atoms with Crippen LogP contribution < -0.4 is 0 Å². The van der Waals surface area contributed by atoms with Gasteiger partial charge in [-0.25, -0.2) is 0 Å². The van der Waals surface area contributed by atoms with E-state index < -0.39 is 0 Å². The van der Waals surface area contributed by atoms with Crippen molar-refractivity contribution in [2.24, 2.45) is 0 Å². The fraction of sp³-hybridized carbons (Fsp3) is 0.300. The van der Waals surface area contributed by atoms with Gasteiger partial charge < -0.3 is 0 Å². The SMILES string of the molecule is N#C[C@H](c1ccccc1)N1CCCN([C@H](C#N)c2ccccc2)C1. The predicted octanol–water partition coefficient (Wildman–Crippen LogP) is 3.48. The van der Waals surface area contributed by atoms with Crippen molar-refractivity contribution in [1.29, 1.82) is 10.5 Å². The molecule has 1 aliphatic heterocycles. The van der Waals surface area contributed by atoms with Crippen LogP contribution in [0.25, 0.3) is 0 Å². The molecule has 2 atom stereocenters. The van der Waals surface area contributed by atoms with Crippen LogP contribution in [0.5, 0.6) is 0 Å². The molecule has 1 heterocycles. The maximum atomic E-state index is 9.66. The van der Waals surface area contributed by atoms with Gasteiger partial charge in [0.05, 0.1) is 18.8 Å². The highest BCUT2D eigenvalue weighted by Gasteiger charge is 2.29. The van der Waals surface area contributed by atoms with E-state index in [1.807, 2.05) is 60.7 Å². The van der Waals surface area contributed by atoms with Crippen LogP contribution in [0.4, 0.5) is 0 Å². The smallest absolute Gasteiger partial charge is 0.124 e. The van der Waals surface area contributed by atoms with Crippen molar-refractivity contribution in [2.75, 3.05) is 19.8 Å². The molecular formula is C20H20N4. The quantitative estimate of drug-likeness (QED) is 0.866. The highest BCUT2D eigenvalue weighted by Crippen LogP contribution is 2.27. The molecule has 0 bridgehead atoms. The molecule has 4 heteroatoms. The Morgan fingerprint density at radius 2 is 1.12 bits per heavy atom. The Balaban J connectivity index is 1.79. The van der Waals surface area contributed by atoms with Crippen molar-refractivity contribution in [3.8, 4) is 12.1 Å². The third-order valence-electron chi connectivity index (χ3n) is 4.46. The zero-order valence-electron chi connectivity index (χ0n) is 13.5. The van der Waals surface area contributed by atoms with Gasteiger partial charge in [0, 0.05) is 13.1 Å². The molecule has 1 fully saturated rings. The van der Waals surface area contributed by atoms with Gasteiger partial charge in [0.2, 0.25) is 0 Å². The molecule has 1 aliphatic rings. The van der Waals surface area contributed by atoms with Crippen molar-refractivity contribution in [3.05, 3.63) is 71.8 Å². The van der Waals surface area contributed by atoms with Crippen molar-refractivity contribution < 1.29 is 0 Å². The van der Waals surface area contributed by atoms with Gasteiger partial charge in [-0.15, -0.1) is 0 Å². The van der Waals surface area contributed by atoms with Gasteiger partial charge in [0.1, 0.15) is 12.1 Å². The second-order valence-corrected chi connectivity index (χ2v) is 6.00. The van der Waals surface area contributed by atoms with Crippen LogP contribution in [0.2, 0.25) is 0 Å². The van der Waals surface area contributed by atoms with Crippen LogP contribution >= 0.6 is 0 Å². The van der Waals surface area contributed by atoms with E-state index in [9.17, 15) is 10.5 Å². The molecule has 4 nitrogen and oxygen atoms in total. The molecule has 0 amide bonds. The van der Waals surface area contributed by atoms with E-state index in [2.05, 4.69) is 21.9 Å². The largest absolute Gasteiger partial charge is 0.271 e. The molecule has 2 aromatic carbocycles. The van der Waals surface area contributed by atoms with Gasteiger partial charge in [-0.3, -0.25) is 9.80 Å². The van der Waals surface area contributed by atoms with Crippen LogP contribution in [-0.2, 0) is 0 Å². The first-order chi connectivity index (χ1) is 11.8. The summed E-state index contributed by atoms with van der Waals surface area (Å²) in [4.78, 5) is 4.32. The number of rotatable bonds is 4. The number of nitrogens with zero attached hydrogens (tertiary/aromatic N) is 4. The van der Waals surface area contributed by atoms with Gasteiger partial charge in [-0.2, -0.15) is 10.5 Å². The van der Waals surface area contributed by atoms with E-state index in [1.165, 1.54) is 0 Å². The average Bonchev–Trinajstić information content (AvgIpc) is 2.65. The van der Waals surface area contributed by atoms with Gasteiger partial charge in [-0.1, -0.05) is 60.7 Å². The van der Waals surface area contributed by atoms with E-state index in [1.54, 1.807) is 0 Å². The second kappa shape index (κ2) is 7.75. The van der Waals surface area contributed by atoms with Crippen molar-refractivity contribution >= 4 is 0 Å². The average molecular weight is 316 g/mol. The highest BCUT2D eigenvalue weighted by atomic mass is 15.4. The minimum atomic E-state index is -0.274. The molecule has 0 spiro atoms. The molecule has 3 rings (SSSR count). The Morgan fingerprint density at radius 3 is 1.50 bits per heavy atom. The third kappa shape index (κ3) is 3.46. The number of benzene rings is 2. The summed E-state index contributed by atoms with van der Waals surface area (Å²) in [5.74, 6) is 0. The molecule has 24 heavy (non-hydrogen) atoms. The maximum absolute atomic E-state index is 9.66. The van der Waals surface area contributed by atoms with Crippen LogP contribution in [0, 0.1) is 22.7 Å². The van der Waals surface area contributed by atoms with E-state index in [0.717, 1.165) is 30.6 Å². The molecule has 1 saturated heterocycles. The summed E-state index contributed by atoms with van der Waals surface area (Å²) in [5.41, 5.74) is 2.02. The summed E-state index contributed by atoms with van der Waals surface area (Å²) in [7, 11) is 0. The molecule has 0 radical (unpaired) electrons. The normalized spacial score (nSPS) is 18.2. The first kappa shape index (κ1) is 16.2. The first-order valence-electron chi connectivity index (χ1n) is 8.20. The number of hydrogen-bond donors (Lipinski definition) is 0. The minimum Gasteiger partial charge on any atom is -0.271 e. The Hall–Kier alpha value is -2.66. The summed E-state index contributed by atoms with van der Waals surface area (Å²) in [6, 6.07) is 24.0. The summed E-state index contributed by atoms with van der Waals surface area (Å²) < 4.78 is 0.